The second kappa shape index (κ2) is 7.46. The van der Waals surface area contributed by atoms with E-state index < -0.39 is 5.41 Å². The normalized spacial score (nSPS) is 14.2. The predicted octanol–water partition coefficient (Wildman–Crippen LogP) is 9.33. The third-order valence-corrected chi connectivity index (χ3v) is 9.18. The molecule has 36 heavy (non-hydrogen) atoms. The molecule has 168 valence electrons. The second-order valence-electron chi connectivity index (χ2n) is 9.65. The molecule has 0 unspecified atom stereocenters. The smallest absolute Gasteiger partial charge is 0.0735 e. The Morgan fingerprint density at radius 3 is 1.61 bits per heavy atom. The minimum atomic E-state index is -0.423. The van der Waals surface area contributed by atoms with Gasteiger partial charge in [-0.05, 0) is 61.3 Å². The summed E-state index contributed by atoms with van der Waals surface area (Å²) in [5.74, 6) is 0. The molecule has 0 radical (unpaired) electrons. The van der Waals surface area contributed by atoms with E-state index in [4.69, 9.17) is 0 Å². The minimum Gasteiger partial charge on any atom is -0.0888 e. The number of hydrogen-bond acceptors (Lipinski definition) is 1. The maximum Gasteiger partial charge on any atom is 0.0735 e. The first-order chi connectivity index (χ1) is 17.9. The van der Waals surface area contributed by atoms with E-state index >= 15 is 0 Å². The molecule has 1 spiro atoms. The van der Waals surface area contributed by atoms with Crippen molar-refractivity contribution in [2.24, 2.45) is 0 Å². The SMILES string of the molecule is c1ccc2c(c1)Sc1c(ccc3ccccc13)C21c2ccccc2-c2ccccc2-c2ccccc21. The van der Waals surface area contributed by atoms with Crippen LogP contribution in [0.5, 0.6) is 0 Å². The summed E-state index contributed by atoms with van der Waals surface area (Å²) >= 11 is 1.92. The molecule has 0 saturated carbocycles. The number of rotatable bonds is 0. The van der Waals surface area contributed by atoms with E-state index in [1.807, 2.05) is 11.8 Å². The lowest BCUT2D eigenvalue weighted by Gasteiger charge is -2.43. The second-order valence-corrected chi connectivity index (χ2v) is 10.7. The van der Waals surface area contributed by atoms with Crippen molar-refractivity contribution in [3.8, 4) is 22.3 Å². The summed E-state index contributed by atoms with van der Waals surface area (Å²) < 4.78 is 0. The summed E-state index contributed by atoms with van der Waals surface area (Å²) in [7, 11) is 0. The fourth-order valence-corrected chi connectivity index (χ4v) is 7.86. The van der Waals surface area contributed by atoms with Gasteiger partial charge >= 0.3 is 0 Å². The molecule has 2 aliphatic rings. The Morgan fingerprint density at radius 2 is 0.917 bits per heavy atom. The zero-order chi connectivity index (χ0) is 23.7. The van der Waals surface area contributed by atoms with Crippen LogP contribution in [0.2, 0.25) is 0 Å². The molecule has 1 aliphatic carbocycles. The van der Waals surface area contributed by atoms with Crippen molar-refractivity contribution in [1.29, 1.82) is 0 Å². The van der Waals surface area contributed by atoms with Crippen LogP contribution in [0.4, 0.5) is 0 Å². The molecule has 0 fully saturated rings. The van der Waals surface area contributed by atoms with Gasteiger partial charge in [-0.2, -0.15) is 0 Å². The van der Waals surface area contributed by atoms with Gasteiger partial charge < -0.3 is 0 Å². The lowest BCUT2D eigenvalue weighted by molar-refractivity contribution is 0.711. The van der Waals surface area contributed by atoms with E-state index in [0.717, 1.165) is 0 Å². The number of benzene rings is 6. The summed E-state index contributed by atoms with van der Waals surface area (Å²) in [5, 5.41) is 2.61. The van der Waals surface area contributed by atoms with Crippen molar-refractivity contribution in [3.63, 3.8) is 0 Å². The number of hydrogen-bond donors (Lipinski definition) is 0. The van der Waals surface area contributed by atoms with Crippen LogP contribution < -0.4 is 0 Å². The average molecular weight is 475 g/mol. The largest absolute Gasteiger partial charge is 0.0888 e. The zero-order valence-electron chi connectivity index (χ0n) is 19.6. The van der Waals surface area contributed by atoms with Crippen LogP contribution in [0.25, 0.3) is 33.0 Å². The number of fused-ring (bicyclic) bond motifs is 13. The fourth-order valence-electron chi connectivity index (χ4n) is 6.54. The molecule has 0 saturated heterocycles. The Hall–Kier alpha value is -4.07. The van der Waals surface area contributed by atoms with Gasteiger partial charge in [0.15, 0.2) is 0 Å². The Labute approximate surface area is 215 Å². The lowest BCUT2D eigenvalue weighted by atomic mass is 9.63. The Kier molecular flexibility index (Phi) is 4.18. The van der Waals surface area contributed by atoms with Crippen molar-refractivity contribution in [3.05, 3.63) is 156 Å². The highest BCUT2D eigenvalue weighted by Gasteiger charge is 2.48. The monoisotopic (exact) mass is 474 g/mol. The van der Waals surface area contributed by atoms with Crippen molar-refractivity contribution in [1.82, 2.24) is 0 Å². The van der Waals surface area contributed by atoms with Crippen molar-refractivity contribution < 1.29 is 0 Å². The van der Waals surface area contributed by atoms with E-state index in [1.165, 1.54) is 65.1 Å². The van der Waals surface area contributed by atoms with Crippen LogP contribution in [0, 0.1) is 0 Å². The standard InChI is InChI=1S/C35H22S/c1-2-12-24-23(11-1)21-22-32-34(24)36-33-20-10-9-19-31(33)35(32)29-17-7-5-15-27(29)25-13-3-4-14-26(25)28-16-6-8-18-30(28)35/h1-22H. The zero-order valence-corrected chi connectivity index (χ0v) is 20.4. The molecular weight excluding hydrogens is 452 g/mol. The van der Waals surface area contributed by atoms with Gasteiger partial charge in [0.05, 0.1) is 5.41 Å². The minimum absolute atomic E-state index is 0.423. The Morgan fingerprint density at radius 1 is 0.389 bits per heavy atom. The van der Waals surface area contributed by atoms with E-state index in [1.54, 1.807) is 0 Å². The topological polar surface area (TPSA) is 0 Å². The van der Waals surface area contributed by atoms with Gasteiger partial charge in [0.1, 0.15) is 0 Å². The van der Waals surface area contributed by atoms with E-state index in [-0.39, 0.29) is 0 Å². The summed E-state index contributed by atoms with van der Waals surface area (Å²) in [6, 6.07) is 49.6. The molecule has 0 amide bonds. The van der Waals surface area contributed by atoms with Crippen LogP contribution in [0.3, 0.4) is 0 Å². The van der Waals surface area contributed by atoms with Crippen molar-refractivity contribution in [2.45, 2.75) is 15.2 Å². The summed E-state index contributed by atoms with van der Waals surface area (Å²) in [5.41, 5.74) is 10.2. The molecule has 1 heteroatoms. The molecule has 6 aromatic rings. The van der Waals surface area contributed by atoms with Crippen LogP contribution in [0.15, 0.2) is 143 Å². The first-order valence-electron chi connectivity index (χ1n) is 12.5. The van der Waals surface area contributed by atoms with Gasteiger partial charge in [0.25, 0.3) is 0 Å². The first kappa shape index (κ1) is 20.2. The highest BCUT2D eigenvalue weighted by molar-refractivity contribution is 7.99. The molecule has 0 nitrogen and oxygen atoms in total. The molecule has 1 heterocycles. The van der Waals surface area contributed by atoms with E-state index in [0.29, 0.717) is 0 Å². The maximum absolute atomic E-state index is 2.39. The highest BCUT2D eigenvalue weighted by atomic mass is 32.2. The van der Waals surface area contributed by atoms with Crippen LogP contribution in [-0.2, 0) is 5.41 Å². The van der Waals surface area contributed by atoms with Gasteiger partial charge in [-0.25, -0.2) is 0 Å². The van der Waals surface area contributed by atoms with Gasteiger partial charge in [0, 0.05) is 9.79 Å². The van der Waals surface area contributed by atoms with Crippen molar-refractivity contribution in [2.75, 3.05) is 0 Å². The van der Waals surface area contributed by atoms with Gasteiger partial charge in [-0.3, -0.25) is 0 Å². The third kappa shape index (κ3) is 2.51. The summed E-state index contributed by atoms with van der Waals surface area (Å²) in [6.07, 6.45) is 0. The third-order valence-electron chi connectivity index (χ3n) is 7.96. The van der Waals surface area contributed by atoms with Gasteiger partial charge in [0.2, 0.25) is 0 Å². The maximum atomic E-state index is 2.39. The Bertz CT molecular complexity index is 1760. The van der Waals surface area contributed by atoms with Gasteiger partial charge in [-0.1, -0.05) is 139 Å². The highest BCUT2D eigenvalue weighted by Crippen LogP contribution is 2.61. The quantitative estimate of drug-likeness (QED) is 0.211. The van der Waals surface area contributed by atoms with Crippen LogP contribution >= 0.6 is 11.8 Å². The molecular formula is C35H22S. The van der Waals surface area contributed by atoms with E-state index in [9.17, 15) is 0 Å². The molecule has 0 bridgehead atoms. The Balaban J connectivity index is 1.65. The van der Waals surface area contributed by atoms with E-state index in [2.05, 4.69) is 133 Å². The fraction of sp³-hybridized carbons (Fsp3) is 0.0286. The van der Waals surface area contributed by atoms with Crippen LogP contribution in [0.1, 0.15) is 22.3 Å². The molecule has 0 aromatic heterocycles. The molecule has 6 aromatic carbocycles. The van der Waals surface area contributed by atoms with Crippen LogP contribution in [-0.4, -0.2) is 0 Å². The first-order valence-corrected chi connectivity index (χ1v) is 13.3. The molecule has 0 N–H and O–H groups in total. The average Bonchev–Trinajstić information content (AvgIpc) is 3.06. The molecule has 1 aliphatic heterocycles. The van der Waals surface area contributed by atoms with Gasteiger partial charge in [-0.15, -0.1) is 0 Å². The summed E-state index contributed by atoms with van der Waals surface area (Å²) in [6.45, 7) is 0. The summed E-state index contributed by atoms with van der Waals surface area (Å²) in [4.78, 5) is 2.69. The molecule has 8 rings (SSSR count). The predicted molar refractivity (Wildman–Crippen MR) is 151 cm³/mol. The molecule has 0 atom stereocenters. The van der Waals surface area contributed by atoms with Crippen molar-refractivity contribution >= 4 is 22.5 Å². The lowest BCUT2D eigenvalue weighted by Crippen LogP contribution is -2.34.